The van der Waals surface area contributed by atoms with E-state index in [1.54, 1.807) is 35.4 Å². The Hall–Kier alpha value is -3.40. The highest BCUT2D eigenvalue weighted by Crippen LogP contribution is 2.30. The number of urea groups is 1. The lowest BCUT2D eigenvalue weighted by molar-refractivity contribution is -0.137. The number of halogens is 3. The molecule has 2 aromatic carbocycles. The van der Waals surface area contributed by atoms with Crippen LogP contribution in [-0.4, -0.2) is 30.0 Å². The number of benzene rings is 2. The quantitative estimate of drug-likeness (QED) is 0.605. The van der Waals surface area contributed by atoms with Crippen molar-refractivity contribution >= 4 is 34.1 Å². The number of alkyl halides is 3. The highest BCUT2D eigenvalue weighted by atomic mass is 32.1. The number of hydrogen-bond acceptors (Lipinski definition) is 4. The smallest absolute Gasteiger partial charge is 0.336 e. The van der Waals surface area contributed by atoms with Gasteiger partial charge in [0, 0.05) is 41.8 Å². The van der Waals surface area contributed by atoms with E-state index in [1.807, 2.05) is 0 Å². The molecule has 3 aromatic rings. The van der Waals surface area contributed by atoms with Gasteiger partial charge in [-0.2, -0.15) is 13.2 Å². The summed E-state index contributed by atoms with van der Waals surface area (Å²) in [6, 6.07) is 11.5. The van der Waals surface area contributed by atoms with Gasteiger partial charge in [-0.1, -0.05) is 12.1 Å². The van der Waals surface area contributed by atoms with Gasteiger partial charge in [-0.25, -0.2) is 9.78 Å². The molecule has 1 aliphatic rings. The number of anilines is 2. The van der Waals surface area contributed by atoms with Gasteiger partial charge in [0.2, 0.25) is 0 Å². The summed E-state index contributed by atoms with van der Waals surface area (Å²) in [6.07, 6.45) is -2.36. The van der Waals surface area contributed by atoms with Crippen LogP contribution >= 0.6 is 11.3 Å². The molecule has 3 amide bonds. The maximum atomic E-state index is 12.7. The second-order valence-corrected chi connectivity index (χ2v) is 8.00. The number of amides is 3. The molecule has 160 valence electrons. The standard InChI is InChI=1S/C21H17F3N4O2S/c22-21(23,24)15-5-1-13(2-6-15)11-17-12-26-19(31-17)27-18(29)14-3-7-16(8-4-14)28-10-9-25-20(28)30/h1-8,12H,9-11H2,(H,25,30)(H,26,27,29). The fourth-order valence-corrected chi connectivity index (χ4v) is 3.98. The van der Waals surface area contributed by atoms with Crippen LogP contribution in [-0.2, 0) is 12.6 Å². The van der Waals surface area contributed by atoms with E-state index < -0.39 is 11.7 Å². The molecular formula is C21H17F3N4O2S. The minimum absolute atomic E-state index is 0.166. The van der Waals surface area contributed by atoms with Gasteiger partial charge in [-0.05, 0) is 42.0 Å². The average Bonchev–Trinajstić information content (AvgIpc) is 3.36. The number of carbonyl (C=O) groups is 2. The van der Waals surface area contributed by atoms with E-state index >= 15 is 0 Å². The molecule has 4 rings (SSSR count). The zero-order valence-electron chi connectivity index (χ0n) is 16.1. The zero-order chi connectivity index (χ0) is 22.0. The Kier molecular flexibility index (Phi) is 5.64. The van der Waals surface area contributed by atoms with Crippen molar-refractivity contribution in [3.05, 3.63) is 76.3 Å². The van der Waals surface area contributed by atoms with Crippen LogP contribution in [0.25, 0.3) is 0 Å². The molecule has 1 aromatic heterocycles. The summed E-state index contributed by atoms with van der Waals surface area (Å²) in [5, 5.41) is 5.83. The van der Waals surface area contributed by atoms with Crippen LogP contribution in [0.3, 0.4) is 0 Å². The number of nitrogens with one attached hydrogen (secondary N) is 2. The van der Waals surface area contributed by atoms with Crippen molar-refractivity contribution in [2.75, 3.05) is 23.3 Å². The Bertz CT molecular complexity index is 1100. The second-order valence-electron chi connectivity index (χ2n) is 6.89. The van der Waals surface area contributed by atoms with Crippen LogP contribution in [0.15, 0.2) is 54.7 Å². The van der Waals surface area contributed by atoms with Gasteiger partial charge in [0.25, 0.3) is 5.91 Å². The van der Waals surface area contributed by atoms with E-state index in [0.717, 1.165) is 22.6 Å². The van der Waals surface area contributed by atoms with Crippen LogP contribution in [0.2, 0.25) is 0 Å². The number of carbonyl (C=O) groups excluding carboxylic acids is 2. The maximum Gasteiger partial charge on any atom is 0.416 e. The van der Waals surface area contributed by atoms with Gasteiger partial charge >= 0.3 is 12.2 Å². The summed E-state index contributed by atoms with van der Waals surface area (Å²) in [7, 11) is 0. The van der Waals surface area contributed by atoms with Gasteiger partial charge in [0.15, 0.2) is 5.13 Å². The van der Waals surface area contributed by atoms with E-state index in [4.69, 9.17) is 0 Å². The third kappa shape index (κ3) is 4.85. The Morgan fingerprint density at radius 3 is 2.45 bits per heavy atom. The molecule has 0 radical (unpaired) electrons. The van der Waals surface area contributed by atoms with Crippen molar-refractivity contribution in [1.82, 2.24) is 10.3 Å². The average molecular weight is 446 g/mol. The molecule has 0 spiro atoms. The predicted octanol–water partition coefficient (Wildman–Crippen LogP) is 4.53. The van der Waals surface area contributed by atoms with E-state index in [2.05, 4.69) is 15.6 Å². The van der Waals surface area contributed by atoms with Gasteiger partial charge in [-0.3, -0.25) is 15.0 Å². The summed E-state index contributed by atoms with van der Waals surface area (Å²) in [4.78, 5) is 30.7. The molecule has 1 aliphatic heterocycles. The van der Waals surface area contributed by atoms with Crippen LogP contribution < -0.4 is 15.5 Å². The molecule has 1 fully saturated rings. The van der Waals surface area contributed by atoms with Crippen molar-refractivity contribution in [2.45, 2.75) is 12.6 Å². The van der Waals surface area contributed by atoms with Crippen molar-refractivity contribution in [3.63, 3.8) is 0 Å². The normalized spacial score (nSPS) is 13.9. The molecule has 31 heavy (non-hydrogen) atoms. The molecule has 0 aliphatic carbocycles. The number of thiazole rings is 1. The van der Waals surface area contributed by atoms with E-state index in [0.29, 0.717) is 35.9 Å². The van der Waals surface area contributed by atoms with E-state index in [9.17, 15) is 22.8 Å². The fourth-order valence-electron chi connectivity index (χ4n) is 3.14. The highest BCUT2D eigenvalue weighted by molar-refractivity contribution is 7.15. The lowest BCUT2D eigenvalue weighted by Gasteiger charge is -2.14. The van der Waals surface area contributed by atoms with E-state index in [1.165, 1.54) is 23.5 Å². The van der Waals surface area contributed by atoms with Crippen molar-refractivity contribution in [2.24, 2.45) is 0 Å². The maximum absolute atomic E-state index is 12.7. The summed E-state index contributed by atoms with van der Waals surface area (Å²) < 4.78 is 38.0. The molecule has 1 saturated heterocycles. The first kappa shape index (κ1) is 20.9. The Morgan fingerprint density at radius 1 is 1.13 bits per heavy atom. The van der Waals surface area contributed by atoms with E-state index in [-0.39, 0.29) is 11.9 Å². The van der Waals surface area contributed by atoms with Crippen molar-refractivity contribution in [1.29, 1.82) is 0 Å². The summed E-state index contributed by atoms with van der Waals surface area (Å²) in [5.74, 6) is -0.340. The molecule has 10 heteroatoms. The Labute approximate surface area is 179 Å². The highest BCUT2D eigenvalue weighted by Gasteiger charge is 2.30. The molecule has 2 N–H and O–H groups in total. The predicted molar refractivity (Wildman–Crippen MR) is 112 cm³/mol. The van der Waals surface area contributed by atoms with Crippen LogP contribution in [0, 0.1) is 0 Å². The van der Waals surface area contributed by atoms with Gasteiger partial charge in [0.05, 0.1) is 5.56 Å². The molecule has 0 saturated carbocycles. The third-order valence-corrected chi connectivity index (χ3v) is 5.64. The lowest BCUT2D eigenvalue weighted by Crippen LogP contribution is -2.27. The minimum atomic E-state index is -4.36. The van der Waals surface area contributed by atoms with Crippen molar-refractivity contribution < 1.29 is 22.8 Å². The number of hydrogen-bond donors (Lipinski definition) is 2. The van der Waals surface area contributed by atoms with Crippen LogP contribution in [0.5, 0.6) is 0 Å². The van der Waals surface area contributed by atoms with Gasteiger partial charge in [-0.15, -0.1) is 11.3 Å². The first-order chi connectivity index (χ1) is 14.8. The second kappa shape index (κ2) is 8.38. The SMILES string of the molecule is O=C(Nc1ncc(Cc2ccc(C(F)(F)F)cc2)s1)c1ccc(N2CCNC2=O)cc1. The van der Waals surface area contributed by atoms with Gasteiger partial charge < -0.3 is 5.32 Å². The zero-order valence-corrected chi connectivity index (χ0v) is 16.9. The Balaban J connectivity index is 1.37. The lowest BCUT2D eigenvalue weighted by atomic mass is 10.1. The first-order valence-corrected chi connectivity index (χ1v) is 10.2. The minimum Gasteiger partial charge on any atom is -0.336 e. The van der Waals surface area contributed by atoms with Crippen molar-refractivity contribution in [3.8, 4) is 0 Å². The monoisotopic (exact) mass is 446 g/mol. The molecule has 0 bridgehead atoms. The third-order valence-electron chi connectivity index (χ3n) is 4.73. The largest absolute Gasteiger partial charge is 0.416 e. The molecule has 0 unspecified atom stereocenters. The number of aromatic nitrogens is 1. The van der Waals surface area contributed by atoms with Crippen LogP contribution in [0.4, 0.5) is 28.8 Å². The molecule has 6 nitrogen and oxygen atoms in total. The van der Waals surface area contributed by atoms with Crippen LogP contribution in [0.1, 0.15) is 26.4 Å². The number of rotatable bonds is 5. The van der Waals surface area contributed by atoms with Gasteiger partial charge in [0.1, 0.15) is 0 Å². The fraction of sp³-hybridized carbons (Fsp3) is 0.190. The Morgan fingerprint density at radius 2 is 1.84 bits per heavy atom. The number of nitrogens with zero attached hydrogens (tertiary/aromatic N) is 2. The molecule has 0 atom stereocenters. The summed E-state index contributed by atoms with van der Waals surface area (Å²) in [5.41, 5.74) is 1.16. The first-order valence-electron chi connectivity index (χ1n) is 9.37. The molecular weight excluding hydrogens is 429 g/mol. The molecule has 2 heterocycles. The summed E-state index contributed by atoms with van der Waals surface area (Å²) >= 11 is 1.26. The summed E-state index contributed by atoms with van der Waals surface area (Å²) in [6.45, 7) is 1.16. The topological polar surface area (TPSA) is 74.3 Å².